The molecule has 6 heteroatoms. The van der Waals surface area contributed by atoms with Crippen molar-refractivity contribution in [2.24, 2.45) is 0 Å². The Morgan fingerprint density at radius 1 is 1.29 bits per heavy atom. The number of halogens is 2. The van der Waals surface area contributed by atoms with E-state index in [1.54, 1.807) is 18.3 Å². The molecule has 1 heterocycles. The third kappa shape index (κ3) is 2.97. The highest BCUT2D eigenvalue weighted by Gasteiger charge is 2.05. The van der Waals surface area contributed by atoms with Gasteiger partial charge in [0.05, 0.1) is 27.6 Å². The summed E-state index contributed by atoms with van der Waals surface area (Å²) in [5, 5.41) is 12.7. The first kappa shape index (κ1) is 12.4. The van der Waals surface area contributed by atoms with E-state index in [4.69, 9.17) is 23.2 Å². The SMILES string of the molecule is CCNCc1cnn(-c2ccc(Cl)c(Cl)c2)n1. The van der Waals surface area contributed by atoms with E-state index in [2.05, 4.69) is 15.5 Å². The summed E-state index contributed by atoms with van der Waals surface area (Å²) in [5.74, 6) is 0. The molecule has 0 saturated heterocycles. The number of rotatable bonds is 4. The van der Waals surface area contributed by atoms with Gasteiger partial charge in [-0.25, -0.2) is 0 Å². The fraction of sp³-hybridized carbons (Fsp3) is 0.273. The Bertz CT molecular complexity index is 510. The average molecular weight is 271 g/mol. The molecule has 4 nitrogen and oxygen atoms in total. The quantitative estimate of drug-likeness (QED) is 0.929. The topological polar surface area (TPSA) is 42.7 Å². The van der Waals surface area contributed by atoms with Crippen LogP contribution in [0, 0.1) is 0 Å². The number of nitrogens with zero attached hydrogens (tertiary/aromatic N) is 3. The van der Waals surface area contributed by atoms with Gasteiger partial charge in [0, 0.05) is 6.54 Å². The predicted molar refractivity (Wildman–Crippen MR) is 68.8 cm³/mol. The molecule has 0 saturated carbocycles. The highest BCUT2D eigenvalue weighted by molar-refractivity contribution is 6.42. The predicted octanol–water partition coefficient (Wildman–Crippen LogP) is 2.68. The van der Waals surface area contributed by atoms with Crippen LogP contribution in [0.5, 0.6) is 0 Å². The van der Waals surface area contributed by atoms with Gasteiger partial charge >= 0.3 is 0 Å². The summed E-state index contributed by atoms with van der Waals surface area (Å²) in [6.07, 6.45) is 1.73. The normalized spacial score (nSPS) is 10.8. The monoisotopic (exact) mass is 270 g/mol. The minimum Gasteiger partial charge on any atom is -0.311 e. The third-order valence-electron chi connectivity index (χ3n) is 2.23. The van der Waals surface area contributed by atoms with Crippen LogP contribution in [0.15, 0.2) is 24.4 Å². The van der Waals surface area contributed by atoms with Gasteiger partial charge in [0.25, 0.3) is 0 Å². The zero-order valence-electron chi connectivity index (χ0n) is 9.32. The second-order valence-corrected chi connectivity index (χ2v) is 4.32. The summed E-state index contributed by atoms with van der Waals surface area (Å²) < 4.78 is 0. The Balaban J connectivity index is 2.21. The minimum absolute atomic E-state index is 0.495. The molecule has 2 aromatic rings. The molecule has 1 aromatic carbocycles. The lowest BCUT2D eigenvalue weighted by molar-refractivity contribution is 0.684. The summed E-state index contributed by atoms with van der Waals surface area (Å²) in [4.78, 5) is 1.54. The minimum atomic E-state index is 0.495. The fourth-order valence-corrected chi connectivity index (χ4v) is 1.65. The van der Waals surface area contributed by atoms with Crippen molar-refractivity contribution in [3.63, 3.8) is 0 Å². The van der Waals surface area contributed by atoms with E-state index < -0.39 is 0 Å². The molecule has 0 aliphatic heterocycles. The number of nitrogens with one attached hydrogen (secondary N) is 1. The highest BCUT2D eigenvalue weighted by atomic mass is 35.5. The van der Waals surface area contributed by atoms with Gasteiger partial charge in [-0.05, 0) is 24.7 Å². The largest absolute Gasteiger partial charge is 0.311 e. The van der Waals surface area contributed by atoms with Crippen LogP contribution in [0.25, 0.3) is 5.69 Å². The van der Waals surface area contributed by atoms with Gasteiger partial charge in [-0.3, -0.25) is 0 Å². The number of benzene rings is 1. The van der Waals surface area contributed by atoms with Gasteiger partial charge < -0.3 is 5.32 Å². The van der Waals surface area contributed by atoms with E-state index in [0.29, 0.717) is 16.6 Å². The fourth-order valence-electron chi connectivity index (χ4n) is 1.36. The molecule has 0 bridgehead atoms. The first-order valence-electron chi connectivity index (χ1n) is 5.28. The molecule has 2 rings (SSSR count). The van der Waals surface area contributed by atoms with Crippen molar-refractivity contribution >= 4 is 23.2 Å². The molecule has 0 aliphatic carbocycles. The number of aromatic nitrogens is 3. The second-order valence-electron chi connectivity index (χ2n) is 3.50. The van der Waals surface area contributed by atoms with Crippen molar-refractivity contribution < 1.29 is 0 Å². The van der Waals surface area contributed by atoms with E-state index in [1.165, 1.54) is 4.80 Å². The maximum Gasteiger partial charge on any atom is 0.0969 e. The van der Waals surface area contributed by atoms with Gasteiger partial charge in [0.2, 0.25) is 0 Å². The van der Waals surface area contributed by atoms with Crippen LogP contribution in [0.3, 0.4) is 0 Å². The molecule has 0 unspecified atom stereocenters. The highest BCUT2D eigenvalue weighted by Crippen LogP contribution is 2.23. The van der Waals surface area contributed by atoms with E-state index in [9.17, 15) is 0 Å². The van der Waals surface area contributed by atoms with Crippen LogP contribution < -0.4 is 5.32 Å². The Hall–Kier alpha value is -1.10. The molecule has 17 heavy (non-hydrogen) atoms. The lowest BCUT2D eigenvalue weighted by Gasteiger charge is -2.01. The summed E-state index contributed by atoms with van der Waals surface area (Å²) in [6.45, 7) is 3.65. The number of hydrogen-bond donors (Lipinski definition) is 1. The smallest absolute Gasteiger partial charge is 0.0969 e. The van der Waals surface area contributed by atoms with Crippen molar-refractivity contribution in [1.82, 2.24) is 20.3 Å². The zero-order chi connectivity index (χ0) is 12.3. The van der Waals surface area contributed by atoms with Gasteiger partial charge in [-0.2, -0.15) is 15.0 Å². The van der Waals surface area contributed by atoms with Crippen LogP contribution in [0.4, 0.5) is 0 Å². The molecule has 1 aromatic heterocycles. The lowest BCUT2D eigenvalue weighted by Crippen LogP contribution is -2.12. The molecule has 0 spiro atoms. The van der Waals surface area contributed by atoms with Crippen molar-refractivity contribution in [2.75, 3.05) is 6.54 Å². The number of hydrogen-bond acceptors (Lipinski definition) is 3. The van der Waals surface area contributed by atoms with Gasteiger partial charge in [0.15, 0.2) is 0 Å². The molecule has 90 valence electrons. The van der Waals surface area contributed by atoms with Crippen LogP contribution in [-0.2, 0) is 6.54 Å². The van der Waals surface area contributed by atoms with Gasteiger partial charge in [0.1, 0.15) is 0 Å². The van der Waals surface area contributed by atoms with Crippen molar-refractivity contribution in [3.05, 3.63) is 40.1 Å². The molecular weight excluding hydrogens is 259 g/mol. The Morgan fingerprint density at radius 2 is 2.12 bits per heavy atom. The summed E-state index contributed by atoms with van der Waals surface area (Å²) in [6, 6.07) is 5.29. The second kappa shape index (κ2) is 5.49. The van der Waals surface area contributed by atoms with Crippen LogP contribution in [0.1, 0.15) is 12.6 Å². The summed E-state index contributed by atoms with van der Waals surface area (Å²) >= 11 is 11.8. The molecule has 0 amide bonds. The van der Waals surface area contributed by atoms with E-state index in [0.717, 1.165) is 17.9 Å². The van der Waals surface area contributed by atoms with Crippen LogP contribution >= 0.6 is 23.2 Å². The average Bonchev–Trinajstić information content (AvgIpc) is 2.79. The van der Waals surface area contributed by atoms with Crippen molar-refractivity contribution in [2.45, 2.75) is 13.5 Å². The van der Waals surface area contributed by atoms with Crippen molar-refractivity contribution in [1.29, 1.82) is 0 Å². The lowest BCUT2D eigenvalue weighted by atomic mass is 10.3. The Morgan fingerprint density at radius 3 is 2.82 bits per heavy atom. The van der Waals surface area contributed by atoms with Crippen LogP contribution in [-0.4, -0.2) is 21.5 Å². The maximum atomic E-state index is 5.94. The maximum absolute atomic E-state index is 5.94. The van der Waals surface area contributed by atoms with E-state index in [-0.39, 0.29) is 0 Å². The Labute approximate surface area is 110 Å². The van der Waals surface area contributed by atoms with Gasteiger partial charge in [-0.15, -0.1) is 0 Å². The van der Waals surface area contributed by atoms with Gasteiger partial charge in [-0.1, -0.05) is 30.1 Å². The summed E-state index contributed by atoms with van der Waals surface area (Å²) in [5.41, 5.74) is 1.68. The summed E-state index contributed by atoms with van der Waals surface area (Å²) in [7, 11) is 0. The molecule has 0 atom stereocenters. The molecule has 0 aliphatic rings. The molecule has 0 radical (unpaired) electrons. The molecule has 0 fully saturated rings. The molecular formula is C11H12Cl2N4. The van der Waals surface area contributed by atoms with Crippen molar-refractivity contribution in [3.8, 4) is 5.69 Å². The molecule has 1 N–H and O–H groups in total. The standard InChI is InChI=1S/C11H12Cl2N4/c1-2-14-6-8-7-15-17(16-8)9-3-4-10(12)11(13)5-9/h3-5,7,14H,2,6H2,1H3. The third-order valence-corrected chi connectivity index (χ3v) is 2.97. The first-order valence-corrected chi connectivity index (χ1v) is 6.03. The van der Waals surface area contributed by atoms with E-state index >= 15 is 0 Å². The zero-order valence-corrected chi connectivity index (χ0v) is 10.8. The first-order chi connectivity index (χ1) is 8.20. The van der Waals surface area contributed by atoms with Crippen LogP contribution in [0.2, 0.25) is 10.0 Å². The van der Waals surface area contributed by atoms with E-state index in [1.807, 2.05) is 13.0 Å². The Kier molecular flexibility index (Phi) is 3.99.